The molecule has 0 saturated carbocycles. The number of ether oxygens (including phenoxy) is 2. The number of carbonyl (C=O) groups is 1. The third kappa shape index (κ3) is 4.61. The molecule has 1 heterocycles. The lowest BCUT2D eigenvalue weighted by atomic mass is 9.99. The Morgan fingerprint density at radius 1 is 1.13 bits per heavy atom. The van der Waals surface area contributed by atoms with Gasteiger partial charge < -0.3 is 14.0 Å². The standard InChI is InChI=1S/C25H25FN2O3/c1-4-8-22-20(15-27)23(24(28(22)3)25(29)30-5-2)17-11-13-19(14-12-17)31-16-18-9-6-7-10-21(18)26/h6-7,9-14H,4-5,8,16H2,1-3H3. The number of nitriles is 1. The van der Waals surface area contributed by atoms with Gasteiger partial charge >= 0.3 is 5.97 Å². The molecule has 160 valence electrons. The van der Waals surface area contributed by atoms with Crippen molar-refractivity contribution in [3.63, 3.8) is 0 Å². The Kier molecular flexibility index (Phi) is 7.09. The lowest BCUT2D eigenvalue weighted by Crippen LogP contribution is -2.12. The zero-order chi connectivity index (χ0) is 22.4. The Bertz CT molecular complexity index is 1110. The number of carbonyl (C=O) groups excluding carboxylic acids is 1. The maximum atomic E-state index is 13.8. The van der Waals surface area contributed by atoms with Gasteiger partial charge in [-0.25, -0.2) is 9.18 Å². The van der Waals surface area contributed by atoms with Gasteiger partial charge in [0.15, 0.2) is 0 Å². The van der Waals surface area contributed by atoms with Crippen molar-refractivity contribution in [2.24, 2.45) is 7.05 Å². The van der Waals surface area contributed by atoms with Gasteiger partial charge in [0.05, 0.1) is 12.2 Å². The second kappa shape index (κ2) is 9.94. The molecular weight excluding hydrogens is 395 g/mol. The van der Waals surface area contributed by atoms with E-state index in [2.05, 4.69) is 6.07 Å². The van der Waals surface area contributed by atoms with Gasteiger partial charge in [-0.2, -0.15) is 5.26 Å². The SMILES string of the molecule is CCCc1c(C#N)c(-c2ccc(OCc3ccccc3F)cc2)c(C(=O)OCC)n1C. The van der Waals surface area contributed by atoms with E-state index in [4.69, 9.17) is 9.47 Å². The van der Waals surface area contributed by atoms with Gasteiger partial charge in [-0.1, -0.05) is 43.7 Å². The van der Waals surface area contributed by atoms with E-state index in [0.29, 0.717) is 34.6 Å². The second-order valence-corrected chi connectivity index (χ2v) is 7.09. The predicted octanol–water partition coefficient (Wildman–Crippen LogP) is 5.41. The second-order valence-electron chi connectivity index (χ2n) is 7.09. The Morgan fingerprint density at radius 3 is 2.45 bits per heavy atom. The fourth-order valence-electron chi connectivity index (χ4n) is 3.60. The van der Waals surface area contributed by atoms with Gasteiger partial charge in [0, 0.05) is 23.9 Å². The van der Waals surface area contributed by atoms with Crippen molar-refractivity contribution in [3.8, 4) is 22.9 Å². The third-order valence-corrected chi connectivity index (χ3v) is 5.08. The van der Waals surface area contributed by atoms with E-state index < -0.39 is 5.97 Å². The van der Waals surface area contributed by atoms with E-state index in [1.165, 1.54) is 6.07 Å². The molecule has 3 aromatic rings. The van der Waals surface area contributed by atoms with Gasteiger partial charge in [-0.3, -0.25) is 0 Å². The Balaban J connectivity index is 1.96. The number of hydrogen-bond acceptors (Lipinski definition) is 4. The van der Waals surface area contributed by atoms with Crippen LogP contribution in [0.3, 0.4) is 0 Å². The summed E-state index contributed by atoms with van der Waals surface area (Å²) in [6.07, 6.45) is 1.52. The van der Waals surface area contributed by atoms with Crippen LogP contribution in [0.5, 0.6) is 5.75 Å². The Labute approximate surface area is 181 Å². The Hall–Kier alpha value is -3.59. The lowest BCUT2D eigenvalue weighted by molar-refractivity contribution is 0.0516. The number of benzene rings is 2. The van der Waals surface area contributed by atoms with E-state index in [9.17, 15) is 14.4 Å². The predicted molar refractivity (Wildman–Crippen MR) is 116 cm³/mol. The maximum Gasteiger partial charge on any atom is 0.355 e. The van der Waals surface area contributed by atoms with Crippen LogP contribution < -0.4 is 4.74 Å². The first kappa shape index (κ1) is 22.1. The first-order valence-electron chi connectivity index (χ1n) is 10.3. The van der Waals surface area contributed by atoms with E-state index >= 15 is 0 Å². The summed E-state index contributed by atoms with van der Waals surface area (Å²) in [5.41, 5.74) is 3.40. The van der Waals surface area contributed by atoms with Crippen LogP contribution in [0.25, 0.3) is 11.1 Å². The van der Waals surface area contributed by atoms with Crippen LogP contribution in [0, 0.1) is 17.1 Å². The molecule has 0 unspecified atom stereocenters. The van der Waals surface area contributed by atoms with Crippen LogP contribution in [0.1, 0.15) is 47.6 Å². The molecule has 6 heteroatoms. The van der Waals surface area contributed by atoms with Crippen molar-refractivity contribution in [3.05, 3.63) is 76.9 Å². The van der Waals surface area contributed by atoms with Crippen LogP contribution >= 0.6 is 0 Å². The fourth-order valence-corrected chi connectivity index (χ4v) is 3.60. The number of halogens is 1. The molecule has 0 spiro atoms. The molecule has 0 atom stereocenters. The maximum absolute atomic E-state index is 13.8. The van der Waals surface area contributed by atoms with E-state index in [0.717, 1.165) is 17.7 Å². The molecule has 0 aliphatic heterocycles. The minimum absolute atomic E-state index is 0.107. The van der Waals surface area contributed by atoms with Crippen molar-refractivity contribution < 1.29 is 18.7 Å². The monoisotopic (exact) mass is 420 g/mol. The fraction of sp³-hybridized carbons (Fsp3) is 0.280. The summed E-state index contributed by atoms with van der Waals surface area (Å²) in [4.78, 5) is 12.7. The van der Waals surface area contributed by atoms with Crippen molar-refractivity contribution in [2.75, 3.05) is 6.61 Å². The van der Waals surface area contributed by atoms with Crippen LogP contribution in [-0.2, 0) is 24.8 Å². The number of aromatic nitrogens is 1. The molecule has 0 fully saturated rings. The number of hydrogen-bond donors (Lipinski definition) is 0. The average molecular weight is 420 g/mol. The molecule has 0 radical (unpaired) electrons. The van der Waals surface area contributed by atoms with Crippen molar-refractivity contribution in [1.82, 2.24) is 4.57 Å². The Morgan fingerprint density at radius 2 is 1.84 bits per heavy atom. The van der Waals surface area contributed by atoms with Crippen LogP contribution in [0.2, 0.25) is 0 Å². The highest BCUT2D eigenvalue weighted by Gasteiger charge is 2.27. The quantitative estimate of drug-likeness (QED) is 0.457. The zero-order valence-corrected chi connectivity index (χ0v) is 17.9. The zero-order valence-electron chi connectivity index (χ0n) is 17.9. The summed E-state index contributed by atoms with van der Waals surface area (Å²) >= 11 is 0. The summed E-state index contributed by atoms with van der Waals surface area (Å²) in [5, 5.41) is 9.85. The van der Waals surface area contributed by atoms with Crippen LogP contribution in [-0.4, -0.2) is 17.1 Å². The van der Waals surface area contributed by atoms with Gasteiger partial charge in [-0.15, -0.1) is 0 Å². The molecule has 31 heavy (non-hydrogen) atoms. The first-order chi connectivity index (χ1) is 15.0. The smallest absolute Gasteiger partial charge is 0.355 e. The molecule has 0 aliphatic carbocycles. The van der Waals surface area contributed by atoms with Crippen molar-refractivity contribution in [2.45, 2.75) is 33.3 Å². The molecule has 3 rings (SSSR count). The number of nitrogens with zero attached hydrogens (tertiary/aromatic N) is 2. The molecule has 5 nitrogen and oxygen atoms in total. The number of rotatable bonds is 8. The molecule has 0 amide bonds. The molecule has 0 saturated heterocycles. The largest absolute Gasteiger partial charge is 0.489 e. The summed E-state index contributed by atoms with van der Waals surface area (Å²) in [7, 11) is 1.79. The van der Waals surface area contributed by atoms with Gasteiger partial charge in [0.2, 0.25) is 0 Å². The topological polar surface area (TPSA) is 64.2 Å². The highest BCUT2D eigenvalue weighted by molar-refractivity contribution is 5.98. The average Bonchev–Trinajstić information content (AvgIpc) is 3.05. The molecular formula is C25H25FN2O3. The molecule has 0 N–H and O–H groups in total. The van der Waals surface area contributed by atoms with Gasteiger partial charge in [-0.05, 0) is 37.1 Å². The summed E-state index contributed by atoms with van der Waals surface area (Å²) in [6, 6.07) is 15.8. The first-order valence-corrected chi connectivity index (χ1v) is 10.3. The van der Waals surface area contributed by atoms with Crippen molar-refractivity contribution >= 4 is 5.97 Å². The normalized spacial score (nSPS) is 10.5. The highest BCUT2D eigenvalue weighted by atomic mass is 19.1. The molecule has 0 aliphatic rings. The number of esters is 1. The molecule has 2 aromatic carbocycles. The van der Waals surface area contributed by atoms with E-state index in [-0.39, 0.29) is 19.0 Å². The summed E-state index contributed by atoms with van der Waals surface area (Å²) in [6.45, 7) is 4.13. The van der Waals surface area contributed by atoms with Crippen LogP contribution in [0.15, 0.2) is 48.5 Å². The molecule has 0 bridgehead atoms. The summed E-state index contributed by atoms with van der Waals surface area (Å²) < 4.78 is 26.5. The lowest BCUT2D eigenvalue weighted by Gasteiger charge is -2.10. The summed E-state index contributed by atoms with van der Waals surface area (Å²) in [5.74, 6) is -0.212. The van der Waals surface area contributed by atoms with Gasteiger partial charge in [0.25, 0.3) is 0 Å². The minimum Gasteiger partial charge on any atom is -0.489 e. The van der Waals surface area contributed by atoms with Crippen molar-refractivity contribution in [1.29, 1.82) is 5.26 Å². The van der Waals surface area contributed by atoms with E-state index in [1.54, 1.807) is 61.0 Å². The highest BCUT2D eigenvalue weighted by Crippen LogP contribution is 2.34. The third-order valence-electron chi connectivity index (χ3n) is 5.08. The molecule has 1 aromatic heterocycles. The van der Waals surface area contributed by atoms with Gasteiger partial charge in [0.1, 0.15) is 29.9 Å². The van der Waals surface area contributed by atoms with Crippen LogP contribution in [0.4, 0.5) is 4.39 Å². The van der Waals surface area contributed by atoms with E-state index in [1.807, 2.05) is 6.92 Å². The minimum atomic E-state index is -0.460.